The predicted molar refractivity (Wildman–Crippen MR) is 69.2 cm³/mol. The second-order valence-electron chi connectivity index (χ2n) is 5.13. The molecule has 0 heterocycles. The van der Waals surface area contributed by atoms with Crippen LogP contribution in [0, 0.1) is 13.8 Å². The van der Waals surface area contributed by atoms with E-state index < -0.39 is 5.54 Å². The maximum atomic E-state index is 12.2. The molecule has 1 N–H and O–H groups in total. The molecule has 3 heteroatoms. The zero-order valence-corrected chi connectivity index (χ0v) is 11.2. The third kappa shape index (κ3) is 2.86. The molecular formula is C14H21NO2. The molecule has 1 amide bonds. The van der Waals surface area contributed by atoms with Crippen LogP contribution in [0.15, 0.2) is 18.2 Å². The van der Waals surface area contributed by atoms with Crippen molar-refractivity contribution in [3.63, 3.8) is 0 Å². The highest BCUT2D eigenvalue weighted by Gasteiger charge is 2.27. The number of hydrogen-bond acceptors (Lipinski definition) is 2. The number of hydrogen-bond donors (Lipinski definition) is 1. The van der Waals surface area contributed by atoms with Crippen molar-refractivity contribution in [2.75, 3.05) is 13.7 Å². The minimum absolute atomic E-state index is 0.0555. The van der Waals surface area contributed by atoms with E-state index in [-0.39, 0.29) is 12.5 Å². The Hall–Kier alpha value is -1.35. The Bertz CT molecular complexity index is 424. The Morgan fingerprint density at radius 1 is 1.29 bits per heavy atom. The van der Waals surface area contributed by atoms with Gasteiger partial charge in [-0.1, -0.05) is 6.07 Å². The summed E-state index contributed by atoms with van der Waals surface area (Å²) in [6.45, 7) is 7.63. The zero-order valence-electron chi connectivity index (χ0n) is 11.2. The lowest BCUT2D eigenvalue weighted by Crippen LogP contribution is -2.47. The van der Waals surface area contributed by atoms with Gasteiger partial charge in [0.05, 0.1) is 12.1 Å². The first kappa shape index (κ1) is 13.7. The number of aliphatic hydroxyl groups excluding tert-OH is 1. The van der Waals surface area contributed by atoms with Crippen molar-refractivity contribution in [1.82, 2.24) is 4.90 Å². The maximum absolute atomic E-state index is 12.2. The van der Waals surface area contributed by atoms with E-state index in [1.165, 1.54) is 5.56 Å². The average Bonchev–Trinajstić information content (AvgIpc) is 2.30. The molecule has 0 fully saturated rings. The normalized spacial score (nSPS) is 11.4. The topological polar surface area (TPSA) is 40.5 Å². The average molecular weight is 235 g/mol. The SMILES string of the molecule is Cc1ccc(C(=O)N(C)C(C)(C)CO)cc1C. The van der Waals surface area contributed by atoms with Gasteiger partial charge in [-0.3, -0.25) is 4.79 Å². The van der Waals surface area contributed by atoms with Gasteiger partial charge in [-0.25, -0.2) is 0 Å². The molecule has 0 aliphatic carbocycles. The number of benzene rings is 1. The lowest BCUT2D eigenvalue weighted by Gasteiger charge is -2.34. The summed E-state index contributed by atoms with van der Waals surface area (Å²) in [5.74, 6) is -0.0628. The summed E-state index contributed by atoms with van der Waals surface area (Å²) >= 11 is 0. The third-order valence-electron chi connectivity index (χ3n) is 3.35. The first-order valence-corrected chi connectivity index (χ1v) is 5.76. The van der Waals surface area contributed by atoms with E-state index in [9.17, 15) is 9.90 Å². The van der Waals surface area contributed by atoms with Crippen LogP contribution >= 0.6 is 0 Å². The molecule has 0 atom stereocenters. The Labute approximate surface area is 103 Å². The molecule has 17 heavy (non-hydrogen) atoms. The number of aryl methyl sites for hydroxylation is 2. The largest absolute Gasteiger partial charge is 0.394 e. The molecule has 0 unspecified atom stereocenters. The highest BCUT2D eigenvalue weighted by atomic mass is 16.3. The Morgan fingerprint density at radius 3 is 2.35 bits per heavy atom. The molecule has 0 spiro atoms. The van der Waals surface area contributed by atoms with Gasteiger partial charge in [0.25, 0.3) is 5.91 Å². The van der Waals surface area contributed by atoms with Crippen LogP contribution in [0.5, 0.6) is 0 Å². The predicted octanol–water partition coefficient (Wildman–Crippen LogP) is 2.15. The van der Waals surface area contributed by atoms with Gasteiger partial charge in [0.15, 0.2) is 0 Å². The monoisotopic (exact) mass is 235 g/mol. The van der Waals surface area contributed by atoms with E-state index in [4.69, 9.17) is 0 Å². The molecule has 0 aliphatic heterocycles. The van der Waals surface area contributed by atoms with Gasteiger partial charge in [-0.15, -0.1) is 0 Å². The Kier molecular flexibility index (Phi) is 3.94. The highest BCUT2D eigenvalue weighted by molar-refractivity contribution is 5.94. The zero-order chi connectivity index (χ0) is 13.2. The van der Waals surface area contributed by atoms with Crippen LogP contribution in [0.2, 0.25) is 0 Å². The highest BCUT2D eigenvalue weighted by Crippen LogP contribution is 2.17. The molecule has 0 saturated heterocycles. The van der Waals surface area contributed by atoms with Crippen LogP contribution in [0.3, 0.4) is 0 Å². The van der Waals surface area contributed by atoms with Crippen molar-refractivity contribution < 1.29 is 9.90 Å². The van der Waals surface area contributed by atoms with Gasteiger partial charge in [0, 0.05) is 12.6 Å². The van der Waals surface area contributed by atoms with Crippen LogP contribution in [0.25, 0.3) is 0 Å². The molecule has 1 aromatic rings. The number of likely N-dealkylation sites (N-methyl/N-ethyl adjacent to an activating group) is 1. The van der Waals surface area contributed by atoms with Crippen LogP contribution in [-0.4, -0.2) is 35.1 Å². The van der Waals surface area contributed by atoms with Gasteiger partial charge in [0.1, 0.15) is 0 Å². The van der Waals surface area contributed by atoms with E-state index in [0.29, 0.717) is 5.56 Å². The van der Waals surface area contributed by atoms with Crippen molar-refractivity contribution in [2.45, 2.75) is 33.2 Å². The molecule has 3 nitrogen and oxygen atoms in total. The summed E-state index contributed by atoms with van der Waals surface area (Å²) in [7, 11) is 1.72. The van der Waals surface area contributed by atoms with Gasteiger partial charge in [-0.05, 0) is 51.0 Å². The lowest BCUT2D eigenvalue weighted by atomic mass is 10.0. The van der Waals surface area contributed by atoms with Crippen molar-refractivity contribution >= 4 is 5.91 Å². The number of aliphatic hydroxyl groups is 1. The summed E-state index contributed by atoms with van der Waals surface area (Å²) in [6, 6.07) is 5.67. The molecule has 0 aliphatic rings. The van der Waals surface area contributed by atoms with E-state index >= 15 is 0 Å². The number of rotatable bonds is 3. The van der Waals surface area contributed by atoms with E-state index in [0.717, 1.165) is 5.56 Å². The number of amides is 1. The summed E-state index contributed by atoms with van der Waals surface area (Å²) < 4.78 is 0. The smallest absolute Gasteiger partial charge is 0.254 e. The molecule has 0 saturated carbocycles. The number of nitrogens with zero attached hydrogens (tertiary/aromatic N) is 1. The third-order valence-corrected chi connectivity index (χ3v) is 3.35. The number of carbonyl (C=O) groups excluding carboxylic acids is 1. The lowest BCUT2D eigenvalue weighted by molar-refractivity contribution is 0.0473. The Morgan fingerprint density at radius 2 is 1.88 bits per heavy atom. The summed E-state index contributed by atoms with van der Waals surface area (Å²) in [5, 5.41) is 9.27. The van der Waals surface area contributed by atoms with Gasteiger partial charge < -0.3 is 10.0 Å². The Balaban J connectivity index is 3.01. The fraction of sp³-hybridized carbons (Fsp3) is 0.500. The van der Waals surface area contributed by atoms with Gasteiger partial charge in [0.2, 0.25) is 0 Å². The second-order valence-corrected chi connectivity index (χ2v) is 5.13. The fourth-order valence-electron chi connectivity index (χ4n) is 1.45. The van der Waals surface area contributed by atoms with Crippen LogP contribution in [-0.2, 0) is 0 Å². The molecule has 0 bridgehead atoms. The molecule has 0 radical (unpaired) electrons. The standard InChI is InChI=1S/C14H21NO2/c1-10-6-7-12(8-11(10)2)13(17)15(5)14(3,4)9-16/h6-8,16H,9H2,1-5H3. The van der Waals surface area contributed by atoms with Gasteiger partial charge in [-0.2, -0.15) is 0 Å². The molecule has 0 aromatic heterocycles. The van der Waals surface area contributed by atoms with Crippen LogP contribution in [0.1, 0.15) is 35.3 Å². The van der Waals surface area contributed by atoms with Crippen LogP contribution in [0.4, 0.5) is 0 Å². The molecular weight excluding hydrogens is 214 g/mol. The minimum Gasteiger partial charge on any atom is -0.394 e. The summed E-state index contributed by atoms with van der Waals surface area (Å²) in [4.78, 5) is 13.8. The van der Waals surface area contributed by atoms with E-state index in [1.54, 1.807) is 11.9 Å². The summed E-state index contributed by atoms with van der Waals surface area (Å²) in [5.41, 5.74) is 2.39. The number of carbonyl (C=O) groups is 1. The quantitative estimate of drug-likeness (QED) is 0.872. The first-order chi connectivity index (χ1) is 7.79. The van der Waals surface area contributed by atoms with Crippen LogP contribution < -0.4 is 0 Å². The maximum Gasteiger partial charge on any atom is 0.254 e. The van der Waals surface area contributed by atoms with Crippen molar-refractivity contribution in [2.24, 2.45) is 0 Å². The molecule has 1 aromatic carbocycles. The van der Waals surface area contributed by atoms with Crippen molar-refractivity contribution in [1.29, 1.82) is 0 Å². The molecule has 94 valence electrons. The van der Waals surface area contributed by atoms with Crippen molar-refractivity contribution in [3.05, 3.63) is 34.9 Å². The van der Waals surface area contributed by atoms with Crippen molar-refractivity contribution in [3.8, 4) is 0 Å². The van der Waals surface area contributed by atoms with E-state index in [2.05, 4.69) is 0 Å². The fourth-order valence-corrected chi connectivity index (χ4v) is 1.45. The first-order valence-electron chi connectivity index (χ1n) is 5.76. The minimum atomic E-state index is -0.546. The van der Waals surface area contributed by atoms with Gasteiger partial charge >= 0.3 is 0 Å². The summed E-state index contributed by atoms with van der Waals surface area (Å²) in [6.07, 6.45) is 0. The second kappa shape index (κ2) is 4.88. The van der Waals surface area contributed by atoms with E-state index in [1.807, 2.05) is 45.9 Å². The molecule has 1 rings (SSSR count).